The molecule has 0 aliphatic heterocycles. The fourth-order valence-corrected chi connectivity index (χ4v) is 8.48. The van der Waals surface area contributed by atoms with Crippen molar-refractivity contribution in [2.75, 3.05) is 0 Å². The largest absolute Gasteiger partial charge is 0.0757 e. The van der Waals surface area contributed by atoms with Crippen LogP contribution in [0.25, 0.3) is 60.2 Å². The van der Waals surface area contributed by atoms with Crippen molar-refractivity contribution in [3.63, 3.8) is 0 Å². The second-order valence-electron chi connectivity index (χ2n) is 13.6. The van der Waals surface area contributed by atoms with Crippen LogP contribution in [0.5, 0.6) is 0 Å². The summed E-state index contributed by atoms with van der Waals surface area (Å²) in [4.78, 5) is 0. The van der Waals surface area contributed by atoms with Gasteiger partial charge in [0.2, 0.25) is 0 Å². The fourth-order valence-electron chi connectivity index (χ4n) is 8.48. The number of fused-ring (bicyclic) bond motifs is 6. The highest BCUT2D eigenvalue weighted by Crippen LogP contribution is 2.44. The van der Waals surface area contributed by atoms with Gasteiger partial charge in [-0.1, -0.05) is 176 Å². The minimum atomic E-state index is 0.261. The van der Waals surface area contributed by atoms with Crippen LogP contribution in [0.2, 0.25) is 0 Å². The summed E-state index contributed by atoms with van der Waals surface area (Å²) in [6.45, 7) is 0. The first-order chi connectivity index (χ1) is 24.8. The molecule has 0 radical (unpaired) electrons. The molecule has 10 rings (SSSR count). The monoisotopic (exact) mass is 634 g/mol. The minimum absolute atomic E-state index is 0.261. The Morgan fingerprint density at radius 3 is 1.84 bits per heavy atom. The number of hydrogen-bond acceptors (Lipinski definition) is 0. The first-order valence-corrected chi connectivity index (χ1v) is 17.6. The van der Waals surface area contributed by atoms with E-state index in [0.29, 0.717) is 0 Å². The molecular weight excluding hydrogens is 601 g/mol. The number of allylic oxidation sites excluding steroid dienone is 4. The van der Waals surface area contributed by atoms with E-state index in [4.69, 9.17) is 0 Å². The molecule has 8 aromatic carbocycles. The van der Waals surface area contributed by atoms with Gasteiger partial charge in [-0.05, 0) is 111 Å². The van der Waals surface area contributed by atoms with Crippen LogP contribution in [0.1, 0.15) is 23.1 Å². The average molecular weight is 635 g/mol. The lowest BCUT2D eigenvalue weighted by Gasteiger charge is -2.32. The molecule has 1 atom stereocenters. The van der Waals surface area contributed by atoms with Crippen LogP contribution in [0, 0.1) is 5.92 Å². The second kappa shape index (κ2) is 11.7. The standard InChI is InChI=1S/C50H34/c1-3-12-33(13-4-1)39-26-29-46-48(32-39)50(35-14-5-2-6-15-35)45-19-10-9-18-44(45)49(46)36-24-22-34(23-25-36)41-20-11-21-42-43(41)28-27-40-30-37-16-7-8-17-38(37)31-47(40)42/h1-28,30-32,46H,29H2. The molecule has 234 valence electrons. The Morgan fingerprint density at radius 1 is 0.400 bits per heavy atom. The summed E-state index contributed by atoms with van der Waals surface area (Å²) in [7, 11) is 0. The van der Waals surface area contributed by atoms with Crippen LogP contribution in [-0.4, -0.2) is 0 Å². The van der Waals surface area contributed by atoms with E-state index in [9.17, 15) is 0 Å². The molecule has 0 heteroatoms. The van der Waals surface area contributed by atoms with Crippen molar-refractivity contribution >= 4 is 49.0 Å². The quantitative estimate of drug-likeness (QED) is 0.133. The zero-order chi connectivity index (χ0) is 33.0. The predicted molar refractivity (Wildman–Crippen MR) is 212 cm³/mol. The summed E-state index contributed by atoms with van der Waals surface area (Å²) in [6, 6.07) is 64.8. The topological polar surface area (TPSA) is 0 Å². The van der Waals surface area contributed by atoms with Gasteiger partial charge in [-0.3, -0.25) is 0 Å². The van der Waals surface area contributed by atoms with Crippen molar-refractivity contribution in [1.82, 2.24) is 0 Å². The summed E-state index contributed by atoms with van der Waals surface area (Å²) >= 11 is 0. The molecule has 0 aromatic heterocycles. The average Bonchev–Trinajstić information content (AvgIpc) is 3.19. The maximum absolute atomic E-state index is 2.46. The Balaban J connectivity index is 1.14. The lowest BCUT2D eigenvalue weighted by Crippen LogP contribution is -2.37. The summed E-state index contributed by atoms with van der Waals surface area (Å²) in [5.41, 5.74) is 11.8. The molecule has 0 N–H and O–H groups in total. The Labute approximate surface area is 292 Å². The Hall–Kier alpha value is -6.24. The van der Waals surface area contributed by atoms with Gasteiger partial charge in [-0.2, -0.15) is 0 Å². The molecule has 0 nitrogen and oxygen atoms in total. The Morgan fingerprint density at radius 2 is 1.06 bits per heavy atom. The summed E-state index contributed by atoms with van der Waals surface area (Å²) in [5, 5.41) is 10.4. The maximum Gasteiger partial charge on any atom is 0.0143 e. The molecule has 0 fully saturated rings. The maximum atomic E-state index is 2.46. The molecule has 2 aliphatic carbocycles. The predicted octanol–water partition coefficient (Wildman–Crippen LogP) is 11.3. The van der Waals surface area contributed by atoms with Crippen LogP contribution in [0.15, 0.2) is 194 Å². The van der Waals surface area contributed by atoms with E-state index in [1.807, 2.05) is 0 Å². The second-order valence-corrected chi connectivity index (χ2v) is 13.6. The molecule has 0 amide bonds. The van der Waals surface area contributed by atoms with Gasteiger partial charge in [0.25, 0.3) is 0 Å². The summed E-state index contributed by atoms with van der Waals surface area (Å²) in [6.07, 6.45) is 5.86. The van der Waals surface area contributed by atoms with Crippen molar-refractivity contribution in [3.8, 4) is 11.1 Å². The van der Waals surface area contributed by atoms with Crippen molar-refractivity contribution in [1.29, 1.82) is 0 Å². The molecule has 50 heavy (non-hydrogen) atoms. The van der Waals surface area contributed by atoms with Gasteiger partial charge in [0, 0.05) is 5.92 Å². The van der Waals surface area contributed by atoms with Gasteiger partial charge in [-0.15, -0.1) is 0 Å². The SMILES string of the molecule is C1=C(c2ccccc2)C=C2C(c3ccccc3)=c3ccccc3=C(c3ccc(-c4cccc5c4ccc4cc6ccccc6cc45)cc3)C2C1. The number of hydrogen-bond donors (Lipinski definition) is 0. The van der Waals surface area contributed by atoms with Crippen LogP contribution in [-0.2, 0) is 0 Å². The van der Waals surface area contributed by atoms with E-state index in [1.165, 1.54) is 92.9 Å². The molecule has 0 bridgehead atoms. The molecule has 0 saturated heterocycles. The summed E-state index contributed by atoms with van der Waals surface area (Å²) < 4.78 is 0. The smallest absolute Gasteiger partial charge is 0.0143 e. The third kappa shape index (κ3) is 4.68. The van der Waals surface area contributed by atoms with Gasteiger partial charge in [0.1, 0.15) is 0 Å². The Bertz CT molecular complexity index is 2800. The van der Waals surface area contributed by atoms with Gasteiger partial charge >= 0.3 is 0 Å². The first-order valence-electron chi connectivity index (χ1n) is 17.6. The summed E-state index contributed by atoms with van der Waals surface area (Å²) in [5.74, 6) is 0.261. The number of rotatable bonds is 4. The van der Waals surface area contributed by atoms with Crippen LogP contribution >= 0.6 is 0 Å². The highest BCUT2D eigenvalue weighted by Gasteiger charge is 2.30. The van der Waals surface area contributed by atoms with E-state index < -0.39 is 0 Å². The van der Waals surface area contributed by atoms with E-state index in [-0.39, 0.29) is 5.92 Å². The molecule has 2 aliphatic rings. The van der Waals surface area contributed by atoms with Gasteiger partial charge in [0.05, 0.1) is 0 Å². The van der Waals surface area contributed by atoms with Crippen molar-refractivity contribution in [2.24, 2.45) is 5.92 Å². The van der Waals surface area contributed by atoms with Crippen molar-refractivity contribution in [3.05, 3.63) is 221 Å². The Kier molecular flexibility index (Phi) is 6.74. The normalized spacial score (nSPS) is 15.5. The molecule has 0 spiro atoms. The van der Waals surface area contributed by atoms with E-state index in [0.717, 1.165) is 6.42 Å². The van der Waals surface area contributed by atoms with Gasteiger partial charge < -0.3 is 0 Å². The first kappa shape index (κ1) is 28.7. The van der Waals surface area contributed by atoms with Crippen LogP contribution < -0.4 is 10.4 Å². The third-order valence-corrected chi connectivity index (χ3v) is 10.8. The van der Waals surface area contributed by atoms with Crippen molar-refractivity contribution in [2.45, 2.75) is 6.42 Å². The van der Waals surface area contributed by atoms with Crippen molar-refractivity contribution < 1.29 is 0 Å². The van der Waals surface area contributed by atoms with E-state index in [2.05, 4.69) is 188 Å². The number of benzene rings is 8. The lowest BCUT2D eigenvalue weighted by atomic mass is 9.71. The molecule has 1 unspecified atom stereocenters. The highest BCUT2D eigenvalue weighted by atomic mass is 14.3. The molecule has 0 heterocycles. The molecular formula is C50H34. The minimum Gasteiger partial charge on any atom is -0.0757 e. The van der Waals surface area contributed by atoms with E-state index >= 15 is 0 Å². The zero-order valence-corrected chi connectivity index (χ0v) is 27.7. The van der Waals surface area contributed by atoms with Gasteiger partial charge in [0.15, 0.2) is 0 Å². The third-order valence-electron chi connectivity index (χ3n) is 10.8. The van der Waals surface area contributed by atoms with E-state index in [1.54, 1.807) is 0 Å². The fraction of sp³-hybridized carbons (Fsp3) is 0.0400. The van der Waals surface area contributed by atoms with Gasteiger partial charge in [-0.25, -0.2) is 0 Å². The molecule has 0 saturated carbocycles. The van der Waals surface area contributed by atoms with Crippen LogP contribution in [0.3, 0.4) is 0 Å². The van der Waals surface area contributed by atoms with Crippen LogP contribution in [0.4, 0.5) is 0 Å². The highest BCUT2D eigenvalue weighted by molar-refractivity contribution is 6.15. The lowest BCUT2D eigenvalue weighted by molar-refractivity contribution is 0.800. The zero-order valence-electron chi connectivity index (χ0n) is 27.7. The molecule has 8 aromatic rings.